The molecule has 0 amide bonds. The summed E-state index contributed by atoms with van der Waals surface area (Å²) < 4.78 is 5.87. The summed E-state index contributed by atoms with van der Waals surface area (Å²) >= 11 is 0. The molecule has 0 radical (unpaired) electrons. The van der Waals surface area contributed by atoms with Crippen molar-refractivity contribution in [1.29, 1.82) is 0 Å². The quantitative estimate of drug-likeness (QED) is 0.557. The third-order valence-corrected chi connectivity index (χ3v) is 1.62. The van der Waals surface area contributed by atoms with Gasteiger partial charge in [-0.25, -0.2) is 9.89 Å². The molecule has 0 aliphatic rings. The molecular formula is C6H5N3O3. The first-order chi connectivity index (χ1) is 5.70. The van der Waals surface area contributed by atoms with Crippen LogP contribution in [0.2, 0.25) is 0 Å². The first-order valence-corrected chi connectivity index (χ1v) is 3.23. The molecule has 0 atom stereocenters. The molecule has 12 heavy (non-hydrogen) atoms. The van der Waals surface area contributed by atoms with E-state index in [4.69, 9.17) is 0 Å². The van der Waals surface area contributed by atoms with Crippen LogP contribution < -0.4 is 11.3 Å². The van der Waals surface area contributed by atoms with Gasteiger partial charge in [-0.3, -0.25) is 9.36 Å². The fraction of sp³-hybridized carbons (Fsp3) is 0.167. The molecule has 2 heterocycles. The first kappa shape index (κ1) is 6.84. The fourth-order valence-corrected chi connectivity index (χ4v) is 0.969. The zero-order valence-electron chi connectivity index (χ0n) is 6.20. The van der Waals surface area contributed by atoms with Gasteiger partial charge in [-0.05, 0) is 0 Å². The number of aryl methyl sites for hydroxylation is 1. The molecule has 0 bridgehead atoms. The molecule has 0 spiro atoms. The van der Waals surface area contributed by atoms with Gasteiger partial charge >= 0.3 is 11.3 Å². The van der Waals surface area contributed by atoms with Crippen molar-refractivity contribution in [3.05, 3.63) is 27.1 Å². The molecule has 0 unspecified atom stereocenters. The van der Waals surface area contributed by atoms with Crippen molar-refractivity contribution in [2.24, 2.45) is 7.05 Å². The molecule has 62 valence electrons. The maximum absolute atomic E-state index is 11.0. The second-order valence-electron chi connectivity index (χ2n) is 2.34. The van der Waals surface area contributed by atoms with E-state index in [1.54, 1.807) is 0 Å². The summed E-state index contributed by atoms with van der Waals surface area (Å²) in [6, 6.07) is 0. The average Bonchev–Trinajstić information content (AvgIpc) is 2.32. The minimum atomic E-state index is -0.566. The molecule has 0 fully saturated rings. The van der Waals surface area contributed by atoms with Gasteiger partial charge in [0.2, 0.25) is 5.58 Å². The molecule has 0 saturated carbocycles. The highest BCUT2D eigenvalue weighted by molar-refractivity contribution is 5.69. The minimum absolute atomic E-state index is 0.0116. The summed E-state index contributed by atoms with van der Waals surface area (Å²) in [4.78, 5) is 21.9. The Bertz CT molecular complexity index is 533. The van der Waals surface area contributed by atoms with Gasteiger partial charge in [0.1, 0.15) is 5.52 Å². The van der Waals surface area contributed by atoms with Crippen LogP contribution in [0.5, 0.6) is 0 Å². The standard InChI is InChI=1S/C6H5N3O3/c1-9-3-2-7-8-5(10)4(3)12-6(9)11/h2H,1H3,(H,8,10). The maximum atomic E-state index is 11.0. The molecule has 0 saturated heterocycles. The van der Waals surface area contributed by atoms with Crippen molar-refractivity contribution in [2.75, 3.05) is 0 Å². The van der Waals surface area contributed by atoms with Crippen LogP contribution in [0.1, 0.15) is 0 Å². The highest BCUT2D eigenvalue weighted by Crippen LogP contribution is 2.01. The van der Waals surface area contributed by atoms with Gasteiger partial charge in [0, 0.05) is 7.05 Å². The average molecular weight is 167 g/mol. The molecule has 2 aromatic rings. The second kappa shape index (κ2) is 2.07. The number of H-pyrrole nitrogens is 1. The van der Waals surface area contributed by atoms with E-state index in [1.807, 2.05) is 0 Å². The van der Waals surface area contributed by atoms with E-state index in [9.17, 15) is 9.59 Å². The summed E-state index contributed by atoms with van der Waals surface area (Å²) in [5.74, 6) is -0.566. The Kier molecular flexibility index (Phi) is 1.18. The number of rotatable bonds is 0. The van der Waals surface area contributed by atoms with Crippen LogP contribution in [-0.2, 0) is 7.05 Å². The van der Waals surface area contributed by atoms with Gasteiger partial charge in [-0.2, -0.15) is 5.10 Å². The number of hydrogen-bond acceptors (Lipinski definition) is 4. The van der Waals surface area contributed by atoms with E-state index in [0.29, 0.717) is 5.52 Å². The monoisotopic (exact) mass is 167 g/mol. The molecule has 1 N–H and O–H groups in total. The lowest BCUT2D eigenvalue weighted by Gasteiger charge is -1.86. The Hall–Kier alpha value is -1.85. The van der Waals surface area contributed by atoms with Crippen molar-refractivity contribution in [2.45, 2.75) is 0 Å². The fourth-order valence-electron chi connectivity index (χ4n) is 0.969. The van der Waals surface area contributed by atoms with Crippen molar-refractivity contribution in [3.8, 4) is 0 Å². The smallest absolute Gasteiger partial charge is 0.402 e. The highest BCUT2D eigenvalue weighted by Gasteiger charge is 2.08. The Labute approximate surface area is 65.4 Å². The summed E-state index contributed by atoms with van der Waals surface area (Å²) in [7, 11) is 1.51. The van der Waals surface area contributed by atoms with E-state index in [2.05, 4.69) is 14.6 Å². The number of hydrogen-bond donors (Lipinski definition) is 1. The molecule has 0 aliphatic heterocycles. The highest BCUT2D eigenvalue weighted by atomic mass is 16.4. The van der Waals surface area contributed by atoms with Gasteiger partial charge in [-0.15, -0.1) is 0 Å². The number of oxazole rings is 1. The zero-order chi connectivity index (χ0) is 8.72. The van der Waals surface area contributed by atoms with Gasteiger partial charge in [0.05, 0.1) is 6.20 Å². The van der Waals surface area contributed by atoms with Crippen LogP contribution in [0.3, 0.4) is 0 Å². The summed E-state index contributed by atoms with van der Waals surface area (Å²) in [6.07, 6.45) is 1.36. The number of nitrogens with zero attached hydrogens (tertiary/aromatic N) is 2. The molecule has 6 heteroatoms. The molecule has 2 rings (SSSR count). The number of aromatic nitrogens is 3. The van der Waals surface area contributed by atoms with Crippen LogP contribution in [-0.4, -0.2) is 14.8 Å². The summed E-state index contributed by atoms with van der Waals surface area (Å²) in [6.45, 7) is 0. The Morgan fingerprint density at radius 2 is 2.33 bits per heavy atom. The van der Waals surface area contributed by atoms with Gasteiger partial charge in [-0.1, -0.05) is 0 Å². The van der Waals surface area contributed by atoms with Gasteiger partial charge in [0.25, 0.3) is 0 Å². The normalized spacial score (nSPS) is 10.8. The Balaban J connectivity index is 3.16. The van der Waals surface area contributed by atoms with E-state index >= 15 is 0 Å². The summed E-state index contributed by atoms with van der Waals surface area (Å²) in [5, 5.41) is 5.69. The van der Waals surface area contributed by atoms with Crippen LogP contribution in [0.4, 0.5) is 0 Å². The van der Waals surface area contributed by atoms with Crippen molar-refractivity contribution in [1.82, 2.24) is 14.8 Å². The third kappa shape index (κ3) is 0.714. The summed E-state index contributed by atoms with van der Waals surface area (Å²) in [5.41, 5.74) is -0.0912. The third-order valence-electron chi connectivity index (χ3n) is 1.62. The van der Waals surface area contributed by atoms with E-state index < -0.39 is 11.3 Å². The van der Waals surface area contributed by atoms with Crippen LogP contribution in [0.15, 0.2) is 20.2 Å². The Morgan fingerprint density at radius 1 is 1.58 bits per heavy atom. The molecule has 6 nitrogen and oxygen atoms in total. The first-order valence-electron chi connectivity index (χ1n) is 3.23. The molecule has 2 aromatic heterocycles. The second-order valence-corrected chi connectivity index (χ2v) is 2.34. The van der Waals surface area contributed by atoms with Crippen molar-refractivity contribution in [3.63, 3.8) is 0 Å². The number of aromatic amines is 1. The van der Waals surface area contributed by atoms with E-state index in [1.165, 1.54) is 17.8 Å². The topological polar surface area (TPSA) is 80.9 Å². The van der Waals surface area contributed by atoms with Crippen LogP contribution in [0.25, 0.3) is 11.1 Å². The predicted octanol–water partition coefficient (Wildman–Crippen LogP) is -0.785. The number of fused-ring (bicyclic) bond motifs is 1. The molecule has 0 aliphatic carbocycles. The Morgan fingerprint density at radius 3 is 3.00 bits per heavy atom. The van der Waals surface area contributed by atoms with Gasteiger partial charge < -0.3 is 4.42 Å². The predicted molar refractivity (Wildman–Crippen MR) is 39.9 cm³/mol. The van der Waals surface area contributed by atoms with Crippen LogP contribution in [0, 0.1) is 0 Å². The van der Waals surface area contributed by atoms with E-state index in [-0.39, 0.29) is 5.58 Å². The van der Waals surface area contributed by atoms with Crippen molar-refractivity contribution >= 4 is 11.1 Å². The van der Waals surface area contributed by atoms with Gasteiger partial charge in [0.15, 0.2) is 0 Å². The lowest BCUT2D eigenvalue weighted by molar-refractivity contribution is 0.525. The lowest BCUT2D eigenvalue weighted by atomic mass is 10.5. The minimum Gasteiger partial charge on any atom is -0.402 e. The lowest BCUT2D eigenvalue weighted by Crippen LogP contribution is -2.09. The van der Waals surface area contributed by atoms with E-state index in [0.717, 1.165) is 0 Å². The largest absolute Gasteiger partial charge is 0.419 e. The zero-order valence-corrected chi connectivity index (χ0v) is 6.20. The number of nitrogens with one attached hydrogen (secondary N) is 1. The SMILES string of the molecule is Cn1c(=O)oc2c(=O)[nH]ncc21. The molecular weight excluding hydrogens is 162 g/mol. The van der Waals surface area contributed by atoms with Crippen LogP contribution >= 0.6 is 0 Å². The maximum Gasteiger partial charge on any atom is 0.419 e. The van der Waals surface area contributed by atoms with Crippen molar-refractivity contribution < 1.29 is 4.42 Å². The molecule has 0 aromatic carbocycles.